The van der Waals surface area contributed by atoms with E-state index in [-0.39, 0.29) is 70.1 Å². The maximum absolute atomic E-state index is 5.34. The molecule has 0 saturated heterocycles. The summed E-state index contributed by atoms with van der Waals surface area (Å²) in [5.74, 6) is 0.991. The second kappa shape index (κ2) is 26.1. The number of fused-ring (bicyclic) bond motifs is 1. The molecule has 1 aromatic carbocycles. The summed E-state index contributed by atoms with van der Waals surface area (Å²) in [5, 5.41) is 0. The molecule has 0 saturated carbocycles. The molecule has 1 aromatic rings. The summed E-state index contributed by atoms with van der Waals surface area (Å²) in [6.07, 6.45) is 4.10. The predicted molar refractivity (Wildman–Crippen MR) is 84.4 cm³/mol. The highest BCUT2D eigenvalue weighted by atomic mass is 35.5. The van der Waals surface area contributed by atoms with Crippen molar-refractivity contribution in [1.82, 2.24) is 0 Å². The number of benzene rings is 1. The fourth-order valence-electron chi connectivity index (χ4n) is 1.06. The Hall–Kier alpha value is -0.610. The van der Waals surface area contributed by atoms with Gasteiger partial charge >= 0.3 is 0 Å². The maximum Gasteiger partial charge on any atom is 0.126 e. The van der Waals surface area contributed by atoms with Crippen LogP contribution in [0.3, 0.4) is 0 Å². The van der Waals surface area contributed by atoms with Crippen molar-refractivity contribution in [2.45, 2.75) is 0 Å². The Morgan fingerprint density at radius 2 is 1.21 bits per heavy atom. The van der Waals surface area contributed by atoms with Crippen LogP contribution < -0.4 is 4.74 Å². The van der Waals surface area contributed by atoms with Crippen molar-refractivity contribution < 1.29 is 37.6 Å². The van der Waals surface area contributed by atoms with Crippen molar-refractivity contribution in [1.29, 1.82) is 0 Å². The molecule has 0 radical (unpaired) electrons. The zero-order valence-electron chi connectivity index (χ0n) is 9.80. The van der Waals surface area contributed by atoms with Gasteiger partial charge in [-0.3, -0.25) is 0 Å². The van der Waals surface area contributed by atoms with Crippen LogP contribution in [0, 0.1) is 0 Å². The number of hydrogen-bond acceptors (Lipinski definition) is 1. The van der Waals surface area contributed by atoms with E-state index in [9.17, 15) is 0 Å². The zero-order valence-corrected chi connectivity index (χ0v) is 12.3. The summed E-state index contributed by atoms with van der Waals surface area (Å²) in [6, 6.07) is 8.03. The summed E-state index contributed by atoms with van der Waals surface area (Å²) < 4.78 is 5.34. The lowest BCUT2D eigenvalue weighted by molar-refractivity contribution is 0.358. The van der Waals surface area contributed by atoms with Crippen molar-refractivity contribution in [3.8, 4) is 5.75 Å². The van der Waals surface area contributed by atoms with Crippen molar-refractivity contribution in [3.63, 3.8) is 0 Å². The Balaban J connectivity index is -0.0000000224. The summed E-state index contributed by atoms with van der Waals surface area (Å²) in [4.78, 5) is 0. The third-order valence-corrected chi connectivity index (χ3v) is 1.55. The van der Waals surface area contributed by atoms with E-state index < -0.39 is 0 Å². The second-order valence-electron chi connectivity index (χ2n) is 2.25. The van der Waals surface area contributed by atoms with E-state index in [1.165, 1.54) is 5.56 Å². The van der Waals surface area contributed by atoms with E-state index in [1.807, 2.05) is 30.3 Å². The summed E-state index contributed by atoms with van der Waals surface area (Å²) in [7, 11) is 0. The molecule has 0 spiro atoms. The molecule has 0 amide bonds. The van der Waals surface area contributed by atoms with Crippen LogP contribution >= 0.6 is 37.2 Å². The van der Waals surface area contributed by atoms with E-state index in [0.717, 1.165) is 5.75 Å². The third kappa shape index (κ3) is 13.6. The average Bonchev–Trinajstić information content (AvgIpc) is 2.05. The molecule has 1 aliphatic rings. The molecule has 1 aliphatic heterocycles. The molecule has 12 N–H and O–H groups in total. The topological polar surface area (TPSA) is 198 Å². The van der Waals surface area contributed by atoms with Crippen LogP contribution in [0.4, 0.5) is 0 Å². The van der Waals surface area contributed by atoms with E-state index in [4.69, 9.17) is 4.74 Å². The van der Waals surface area contributed by atoms with Gasteiger partial charge in [0.05, 0.1) is 0 Å². The van der Waals surface area contributed by atoms with Gasteiger partial charge in [-0.15, -0.1) is 37.2 Å². The first kappa shape index (κ1) is 51.5. The van der Waals surface area contributed by atoms with Gasteiger partial charge in [-0.05, 0) is 12.1 Å². The first-order valence-electron chi connectivity index (χ1n) is 3.35. The fraction of sp³-hybridized carbons (Fsp3) is 0.111. The van der Waals surface area contributed by atoms with E-state index in [2.05, 4.69) is 6.08 Å². The second-order valence-corrected chi connectivity index (χ2v) is 2.25. The van der Waals surface area contributed by atoms with Gasteiger partial charge in [0.25, 0.3) is 0 Å². The largest absolute Gasteiger partial charge is 0.489 e. The van der Waals surface area contributed by atoms with E-state index in [1.54, 1.807) is 0 Å². The Kier molecular flexibility index (Phi) is 70.6. The molecule has 19 heavy (non-hydrogen) atoms. The van der Waals surface area contributed by atoms with E-state index >= 15 is 0 Å². The lowest BCUT2D eigenvalue weighted by Crippen LogP contribution is -1.98. The SMILES string of the molecule is C1=Cc2ccccc2OC1.Cl.Cl.Cl.O.O.O.O.O.O. The van der Waals surface area contributed by atoms with Crippen LogP contribution in [-0.4, -0.2) is 39.5 Å². The van der Waals surface area contributed by atoms with Crippen LogP contribution in [0.1, 0.15) is 5.56 Å². The minimum absolute atomic E-state index is 0. The predicted octanol–water partition coefficient (Wildman–Crippen LogP) is -1.59. The minimum Gasteiger partial charge on any atom is -0.489 e. The highest BCUT2D eigenvalue weighted by Crippen LogP contribution is 2.21. The van der Waals surface area contributed by atoms with Crippen molar-refractivity contribution in [3.05, 3.63) is 35.9 Å². The lowest BCUT2D eigenvalue weighted by atomic mass is 10.1. The van der Waals surface area contributed by atoms with Crippen molar-refractivity contribution >= 4 is 43.3 Å². The van der Waals surface area contributed by atoms with Gasteiger partial charge in [0.15, 0.2) is 0 Å². The molecule has 0 fully saturated rings. The normalized spacial score (nSPS) is 7.37. The summed E-state index contributed by atoms with van der Waals surface area (Å²) >= 11 is 0. The lowest BCUT2D eigenvalue weighted by Gasteiger charge is -2.10. The molecule has 0 atom stereocenters. The molecule has 2 rings (SSSR count). The first-order valence-corrected chi connectivity index (χ1v) is 3.35. The standard InChI is InChI=1S/C9H8O.3ClH.6H2O/c1-2-6-9-8(4-1)5-3-7-10-9;;;;;;;;;/h1-6H,7H2;3*1H;6*1H2. The molecule has 0 unspecified atom stereocenters. The number of hydrogen-bond donors (Lipinski definition) is 0. The molecular formula is C9H23Cl3O7. The van der Waals surface area contributed by atoms with Gasteiger partial charge in [0.2, 0.25) is 0 Å². The molecule has 0 aromatic heterocycles. The van der Waals surface area contributed by atoms with E-state index in [0.29, 0.717) is 6.61 Å². The first-order chi connectivity index (χ1) is 4.97. The van der Waals surface area contributed by atoms with Crippen LogP contribution in [0.25, 0.3) is 6.08 Å². The van der Waals surface area contributed by atoms with Gasteiger partial charge in [-0.2, -0.15) is 0 Å². The van der Waals surface area contributed by atoms with Gasteiger partial charge in [-0.25, -0.2) is 0 Å². The van der Waals surface area contributed by atoms with Gasteiger partial charge in [-0.1, -0.05) is 24.3 Å². The minimum atomic E-state index is 0. The number of ether oxygens (including phenoxy) is 1. The molecule has 0 aliphatic carbocycles. The van der Waals surface area contributed by atoms with Gasteiger partial charge < -0.3 is 37.6 Å². The Morgan fingerprint density at radius 3 is 1.68 bits per heavy atom. The van der Waals surface area contributed by atoms with Crippen molar-refractivity contribution in [2.75, 3.05) is 6.61 Å². The molecule has 122 valence electrons. The maximum atomic E-state index is 5.34. The van der Waals surface area contributed by atoms with Crippen LogP contribution in [0.2, 0.25) is 0 Å². The Labute approximate surface area is 129 Å². The quantitative estimate of drug-likeness (QED) is 0.534. The Morgan fingerprint density at radius 1 is 0.737 bits per heavy atom. The highest BCUT2D eigenvalue weighted by molar-refractivity contribution is 5.86. The highest BCUT2D eigenvalue weighted by Gasteiger charge is 2.01. The molecular weight excluding hydrogens is 326 g/mol. The van der Waals surface area contributed by atoms with Crippen LogP contribution in [-0.2, 0) is 0 Å². The Bertz CT molecular complexity index is 286. The fourth-order valence-corrected chi connectivity index (χ4v) is 1.06. The molecule has 1 heterocycles. The van der Waals surface area contributed by atoms with Gasteiger partial charge in [0.1, 0.15) is 12.4 Å². The monoisotopic (exact) mass is 348 g/mol. The number of para-hydroxylation sites is 1. The van der Waals surface area contributed by atoms with Crippen LogP contribution in [0.5, 0.6) is 5.75 Å². The smallest absolute Gasteiger partial charge is 0.126 e. The number of halogens is 3. The summed E-state index contributed by atoms with van der Waals surface area (Å²) in [5.41, 5.74) is 1.17. The third-order valence-electron chi connectivity index (χ3n) is 1.55. The molecule has 0 bridgehead atoms. The van der Waals surface area contributed by atoms with Gasteiger partial charge in [0, 0.05) is 5.56 Å². The summed E-state index contributed by atoms with van der Waals surface area (Å²) in [6.45, 7) is 0.705. The zero-order chi connectivity index (χ0) is 6.81. The van der Waals surface area contributed by atoms with Crippen molar-refractivity contribution in [2.24, 2.45) is 0 Å². The van der Waals surface area contributed by atoms with Crippen LogP contribution in [0.15, 0.2) is 30.3 Å². The number of rotatable bonds is 0. The molecule has 7 nitrogen and oxygen atoms in total. The average molecular weight is 350 g/mol. The molecule has 10 heteroatoms.